The molecule has 2 fully saturated rings. The highest BCUT2D eigenvalue weighted by atomic mass is 32.2. The summed E-state index contributed by atoms with van der Waals surface area (Å²) in [6.45, 7) is 0.751. The van der Waals surface area contributed by atoms with Crippen LogP contribution in [-0.4, -0.2) is 29.5 Å². The fourth-order valence-electron chi connectivity index (χ4n) is 2.76. The van der Waals surface area contributed by atoms with Gasteiger partial charge in [-0.25, -0.2) is 0 Å². The van der Waals surface area contributed by atoms with E-state index in [9.17, 15) is 4.79 Å². The van der Waals surface area contributed by atoms with Gasteiger partial charge < -0.3 is 4.74 Å². The molecule has 0 aromatic carbocycles. The van der Waals surface area contributed by atoms with Crippen molar-refractivity contribution in [3.05, 3.63) is 22.4 Å². The molecule has 2 atom stereocenters. The first-order chi connectivity index (χ1) is 8.29. The number of thiophene rings is 1. The van der Waals surface area contributed by atoms with Crippen molar-refractivity contribution in [1.82, 2.24) is 0 Å². The predicted octanol–water partition coefficient (Wildman–Crippen LogP) is 3.23. The molecule has 3 rings (SSSR count). The van der Waals surface area contributed by atoms with Crippen molar-refractivity contribution >= 4 is 28.9 Å². The molecule has 4 heteroatoms. The molecule has 1 spiro atoms. The van der Waals surface area contributed by atoms with Gasteiger partial charge in [-0.15, -0.1) is 0 Å². The van der Waals surface area contributed by atoms with Gasteiger partial charge in [-0.05, 0) is 36.5 Å². The van der Waals surface area contributed by atoms with Crippen LogP contribution >= 0.6 is 23.1 Å². The highest BCUT2D eigenvalue weighted by Gasteiger charge is 2.42. The fraction of sp³-hybridized carbons (Fsp3) is 0.615. The van der Waals surface area contributed by atoms with E-state index in [1.165, 1.54) is 5.75 Å². The second-order valence-electron chi connectivity index (χ2n) is 4.90. The Balaban J connectivity index is 1.73. The Kier molecular flexibility index (Phi) is 3.28. The highest BCUT2D eigenvalue weighted by molar-refractivity contribution is 7.99. The summed E-state index contributed by atoms with van der Waals surface area (Å²) in [6, 6.07) is 1.94. The Bertz CT molecular complexity index is 394. The van der Waals surface area contributed by atoms with E-state index in [0.29, 0.717) is 5.78 Å². The minimum atomic E-state index is 0.0132. The van der Waals surface area contributed by atoms with Gasteiger partial charge in [0.15, 0.2) is 5.78 Å². The van der Waals surface area contributed by atoms with E-state index in [4.69, 9.17) is 4.74 Å². The van der Waals surface area contributed by atoms with Crippen LogP contribution in [0.2, 0.25) is 0 Å². The van der Waals surface area contributed by atoms with Gasteiger partial charge in [-0.1, -0.05) is 0 Å². The zero-order chi connectivity index (χ0) is 11.7. The highest BCUT2D eigenvalue weighted by Crippen LogP contribution is 2.41. The van der Waals surface area contributed by atoms with E-state index in [2.05, 4.69) is 0 Å². The number of carbonyl (C=O) groups excluding carboxylic acids is 1. The lowest BCUT2D eigenvalue weighted by Gasteiger charge is -2.37. The van der Waals surface area contributed by atoms with E-state index in [0.717, 1.165) is 37.2 Å². The fourth-order valence-corrected chi connectivity index (χ4v) is 4.78. The summed E-state index contributed by atoms with van der Waals surface area (Å²) >= 11 is 3.56. The first-order valence-corrected chi connectivity index (χ1v) is 8.17. The summed E-state index contributed by atoms with van der Waals surface area (Å²) < 4.78 is 5.95. The van der Waals surface area contributed by atoms with Crippen molar-refractivity contribution in [2.45, 2.75) is 24.9 Å². The van der Waals surface area contributed by atoms with Crippen molar-refractivity contribution in [3.8, 4) is 0 Å². The predicted molar refractivity (Wildman–Crippen MR) is 72.0 cm³/mol. The van der Waals surface area contributed by atoms with Crippen LogP contribution in [0.3, 0.4) is 0 Å². The van der Waals surface area contributed by atoms with Crippen LogP contribution in [0.25, 0.3) is 0 Å². The number of ketones is 1. The standard InChI is InChI=1S/C13H16O2S2/c14-12(11-2-5-16-8-11)10-1-4-15-13(7-10)3-6-17-9-13/h2,5,8,10H,1,3-4,6-7,9H2. The third-order valence-electron chi connectivity index (χ3n) is 3.74. The van der Waals surface area contributed by atoms with Gasteiger partial charge in [-0.3, -0.25) is 4.79 Å². The van der Waals surface area contributed by atoms with Crippen LogP contribution in [0.1, 0.15) is 29.6 Å². The maximum Gasteiger partial charge on any atom is 0.166 e. The molecule has 2 nitrogen and oxygen atoms in total. The SMILES string of the molecule is O=C(c1ccsc1)C1CCOC2(CCSC2)C1. The van der Waals surface area contributed by atoms with Crippen LogP contribution < -0.4 is 0 Å². The molecule has 0 bridgehead atoms. The molecular formula is C13H16O2S2. The van der Waals surface area contributed by atoms with E-state index >= 15 is 0 Å². The van der Waals surface area contributed by atoms with Crippen LogP contribution in [0.4, 0.5) is 0 Å². The van der Waals surface area contributed by atoms with Crippen molar-refractivity contribution in [2.24, 2.45) is 5.92 Å². The van der Waals surface area contributed by atoms with Crippen LogP contribution in [0, 0.1) is 5.92 Å². The average molecular weight is 268 g/mol. The molecule has 2 saturated heterocycles. The Hall–Kier alpha value is -0.320. The quantitative estimate of drug-likeness (QED) is 0.770. The number of hydrogen-bond acceptors (Lipinski definition) is 4. The Morgan fingerprint density at radius 1 is 1.53 bits per heavy atom. The van der Waals surface area contributed by atoms with Gasteiger partial charge in [0, 0.05) is 29.2 Å². The van der Waals surface area contributed by atoms with Crippen LogP contribution in [0.5, 0.6) is 0 Å². The normalized spacial score (nSPS) is 33.1. The second kappa shape index (κ2) is 4.75. The van der Waals surface area contributed by atoms with Crippen LogP contribution in [0.15, 0.2) is 16.8 Å². The monoisotopic (exact) mass is 268 g/mol. The Labute approximate surface area is 110 Å². The first kappa shape index (κ1) is 11.8. The summed E-state index contributed by atoms with van der Waals surface area (Å²) in [5, 5.41) is 3.95. The summed E-state index contributed by atoms with van der Waals surface area (Å²) in [4.78, 5) is 12.3. The molecule has 0 N–H and O–H groups in total. The molecule has 2 unspecified atom stereocenters. The van der Waals surface area contributed by atoms with E-state index < -0.39 is 0 Å². The minimum absolute atomic E-state index is 0.0132. The molecule has 17 heavy (non-hydrogen) atoms. The summed E-state index contributed by atoms with van der Waals surface area (Å²) in [5.41, 5.74) is 0.905. The van der Waals surface area contributed by atoms with Gasteiger partial charge in [0.2, 0.25) is 0 Å². The van der Waals surface area contributed by atoms with Crippen molar-refractivity contribution in [3.63, 3.8) is 0 Å². The van der Waals surface area contributed by atoms with Gasteiger partial charge in [0.05, 0.1) is 5.60 Å². The van der Waals surface area contributed by atoms with Gasteiger partial charge >= 0.3 is 0 Å². The Morgan fingerprint density at radius 2 is 2.47 bits per heavy atom. The van der Waals surface area contributed by atoms with Gasteiger partial charge in [-0.2, -0.15) is 23.1 Å². The molecule has 0 radical (unpaired) electrons. The lowest BCUT2D eigenvalue weighted by molar-refractivity contribution is -0.0734. The molecule has 0 saturated carbocycles. The maximum absolute atomic E-state index is 12.3. The third kappa shape index (κ3) is 2.30. The summed E-state index contributed by atoms with van der Waals surface area (Å²) in [6.07, 6.45) is 2.93. The molecular weight excluding hydrogens is 252 g/mol. The molecule has 2 aliphatic heterocycles. The van der Waals surface area contributed by atoms with Crippen molar-refractivity contribution in [1.29, 1.82) is 0 Å². The van der Waals surface area contributed by atoms with Gasteiger partial charge in [0.25, 0.3) is 0 Å². The Morgan fingerprint density at radius 3 is 3.18 bits per heavy atom. The lowest BCUT2D eigenvalue weighted by atomic mass is 9.82. The van der Waals surface area contributed by atoms with E-state index in [1.54, 1.807) is 11.3 Å². The van der Waals surface area contributed by atoms with Crippen molar-refractivity contribution < 1.29 is 9.53 Å². The molecule has 2 aliphatic rings. The minimum Gasteiger partial charge on any atom is -0.374 e. The van der Waals surface area contributed by atoms with E-state index in [-0.39, 0.29) is 11.5 Å². The van der Waals surface area contributed by atoms with Crippen LogP contribution in [-0.2, 0) is 4.74 Å². The molecule has 0 aliphatic carbocycles. The first-order valence-electron chi connectivity index (χ1n) is 6.07. The summed E-state index contributed by atoms with van der Waals surface area (Å²) in [5.74, 6) is 2.75. The van der Waals surface area contributed by atoms with Crippen molar-refractivity contribution in [2.75, 3.05) is 18.1 Å². The van der Waals surface area contributed by atoms with Gasteiger partial charge in [0.1, 0.15) is 0 Å². The third-order valence-corrected chi connectivity index (χ3v) is 5.64. The lowest BCUT2D eigenvalue weighted by Crippen LogP contribution is -2.42. The zero-order valence-corrected chi connectivity index (χ0v) is 11.3. The van der Waals surface area contributed by atoms with E-state index in [1.807, 2.05) is 28.6 Å². The number of hydrogen-bond donors (Lipinski definition) is 0. The molecule has 0 amide bonds. The number of Topliss-reactive ketones (excluding diaryl/α,β-unsaturated/α-hetero) is 1. The number of rotatable bonds is 2. The zero-order valence-electron chi connectivity index (χ0n) is 9.69. The largest absolute Gasteiger partial charge is 0.374 e. The maximum atomic E-state index is 12.3. The average Bonchev–Trinajstić information content (AvgIpc) is 3.00. The number of ether oxygens (including phenoxy) is 1. The molecule has 1 aromatic rings. The smallest absolute Gasteiger partial charge is 0.166 e. The number of thioether (sulfide) groups is 1. The number of carbonyl (C=O) groups is 1. The molecule has 92 valence electrons. The molecule has 1 aromatic heterocycles. The second-order valence-corrected chi connectivity index (χ2v) is 6.79. The summed E-state index contributed by atoms with van der Waals surface area (Å²) in [7, 11) is 0. The topological polar surface area (TPSA) is 26.3 Å². The molecule has 3 heterocycles.